The van der Waals surface area contributed by atoms with Crippen LogP contribution in [0, 0.1) is 12.7 Å². The number of hydrogen-bond donors (Lipinski definition) is 1. The summed E-state index contributed by atoms with van der Waals surface area (Å²) >= 11 is 0. The van der Waals surface area contributed by atoms with Gasteiger partial charge in [0.25, 0.3) is 5.91 Å². The van der Waals surface area contributed by atoms with Crippen LogP contribution in [-0.2, 0) is 0 Å². The number of piperazine rings is 1. The van der Waals surface area contributed by atoms with Crippen molar-refractivity contribution >= 4 is 23.0 Å². The highest BCUT2D eigenvalue weighted by Gasteiger charge is 2.23. The van der Waals surface area contributed by atoms with E-state index in [1.165, 1.54) is 17.7 Å². The van der Waals surface area contributed by atoms with Crippen LogP contribution >= 0.6 is 0 Å². The van der Waals surface area contributed by atoms with Gasteiger partial charge in [0.2, 0.25) is 0 Å². The zero-order chi connectivity index (χ0) is 20.2. The Morgan fingerprint density at radius 3 is 2.17 bits per heavy atom. The van der Waals surface area contributed by atoms with E-state index in [0.717, 1.165) is 17.1 Å². The largest absolute Gasteiger partial charge is 0.368 e. The maximum atomic E-state index is 13.1. The molecule has 1 amide bonds. The summed E-state index contributed by atoms with van der Waals surface area (Å²) in [5, 5.41) is 3.28. The predicted molar refractivity (Wildman–Crippen MR) is 113 cm³/mol. The second-order valence-corrected chi connectivity index (χ2v) is 7.18. The van der Waals surface area contributed by atoms with E-state index in [1.807, 2.05) is 42.2 Å². The number of amides is 1. The highest BCUT2D eigenvalue weighted by molar-refractivity contribution is 5.92. The maximum Gasteiger partial charge on any atom is 0.272 e. The predicted octanol–water partition coefficient (Wildman–Crippen LogP) is 4.24. The third-order valence-corrected chi connectivity index (χ3v) is 5.08. The molecule has 4 rings (SSSR count). The lowest BCUT2D eigenvalue weighted by molar-refractivity contribution is 0.0741. The zero-order valence-electron chi connectivity index (χ0n) is 16.3. The summed E-state index contributed by atoms with van der Waals surface area (Å²) in [6, 6.07) is 18.2. The Hall–Kier alpha value is -3.41. The normalized spacial score (nSPS) is 14.0. The molecule has 0 saturated carbocycles. The van der Waals surface area contributed by atoms with Crippen molar-refractivity contribution in [1.29, 1.82) is 0 Å². The number of halogens is 1. The molecule has 1 aromatic heterocycles. The molecule has 3 aromatic rings. The van der Waals surface area contributed by atoms with Crippen LogP contribution in [0.2, 0.25) is 0 Å². The van der Waals surface area contributed by atoms with E-state index < -0.39 is 0 Å². The number of benzene rings is 2. The Morgan fingerprint density at radius 1 is 0.897 bits per heavy atom. The molecule has 1 aliphatic heterocycles. The number of carbonyl (C=O) groups excluding carboxylic acids is 1. The highest BCUT2D eigenvalue weighted by atomic mass is 19.1. The third kappa shape index (κ3) is 4.54. The van der Waals surface area contributed by atoms with Crippen molar-refractivity contribution in [3.8, 4) is 0 Å². The fourth-order valence-electron chi connectivity index (χ4n) is 3.38. The molecular formula is C23H23FN4O. The van der Waals surface area contributed by atoms with Crippen LogP contribution in [0.1, 0.15) is 16.1 Å². The molecule has 29 heavy (non-hydrogen) atoms. The molecule has 1 aliphatic rings. The molecule has 1 saturated heterocycles. The standard InChI is InChI=1S/C23H23FN4O/c1-17-2-6-19(7-3-17)26-20-8-11-22(25-16-20)23(29)28-14-12-27(13-15-28)21-9-4-18(24)5-10-21/h2-11,16,26H,12-15H2,1H3. The maximum absolute atomic E-state index is 13.1. The van der Waals surface area contributed by atoms with Crippen molar-refractivity contribution in [2.45, 2.75) is 6.92 Å². The number of hydrogen-bond acceptors (Lipinski definition) is 4. The van der Waals surface area contributed by atoms with Gasteiger partial charge in [-0.25, -0.2) is 9.37 Å². The summed E-state index contributed by atoms with van der Waals surface area (Å²) in [5.41, 5.74) is 4.44. The molecule has 0 atom stereocenters. The summed E-state index contributed by atoms with van der Waals surface area (Å²) in [7, 11) is 0. The molecule has 1 fully saturated rings. The number of pyridine rings is 1. The molecule has 1 N–H and O–H groups in total. The average molecular weight is 390 g/mol. The van der Waals surface area contributed by atoms with Gasteiger partial charge < -0.3 is 15.1 Å². The minimum atomic E-state index is -0.242. The quantitative estimate of drug-likeness (QED) is 0.724. The number of nitrogens with zero attached hydrogens (tertiary/aromatic N) is 3. The fourth-order valence-corrected chi connectivity index (χ4v) is 3.38. The topological polar surface area (TPSA) is 48.5 Å². The van der Waals surface area contributed by atoms with Gasteiger partial charge in [-0.2, -0.15) is 0 Å². The molecular weight excluding hydrogens is 367 g/mol. The fraction of sp³-hybridized carbons (Fsp3) is 0.217. The summed E-state index contributed by atoms with van der Waals surface area (Å²) in [6.07, 6.45) is 1.68. The van der Waals surface area contributed by atoms with Gasteiger partial charge in [0, 0.05) is 37.6 Å². The van der Waals surface area contributed by atoms with Crippen LogP contribution in [-0.4, -0.2) is 42.0 Å². The van der Waals surface area contributed by atoms with Crippen molar-refractivity contribution in [3.05, 3.63) is 83.9 Å². The Labute approximate surface area is 169 Å². The van der Waals surface area contributed by atoms with Crippen LogP contribution in [0.5, 0.6) is 0 Å². The van der Waals surface area contributed by atoms with Crippen molar-refractivity contribution in [2.24, 2.45) is 0 Å². The first-order chi connectivity index (χ1) is 14.1. The van der Waals surface area contributed by atoms with Gasteiger partial charge in [0.05, 0.1) is 11.9 Å². The van der Waals surface area contributed by atoms with Crippen LogP contribution in [0.4, 0.5) is 21.5 Å². The van der Waals surface area contributed by atoms with Crippen LogP contribution in [0.15, 0.2) is 66.9 Å². The molecule has 2 aromatic carbocycles. The first kappa shape index (κ1) is 18.9. The zero-order valence-corrected chi connectivity index (χ0v) is 16.3. The summed E-state index contributed by atoms with van der Waals surface area (Å²) in [4.78, 5) is 21.1. The lowest BCUT2D eigenvalue weighted by atomic mass is 10.2. The summed E-state index contributed by atoms with van der Waals surface area (Å²) < 4.78 is 13.1. The Bertz CT molecular complexity index is 963. The van der Waals surface area contributed by atoms with E-state index >= 15 is 0 Å². The molecule has 2 heterocycles. The van der Waals surface area contributed by atoms with Crippen LogP contribution in [0.25, 0.3) is 0 Å². The molecule has 5 nitrogen and oxygen atoms in total. The first-order valence-electron chi connectivity index (χ1n) is 9.68. The molecule has 148 valence electrons. The van der Waals surface area contributed by atoms with Gasteiger partial charge in [-0.3, -0.25) is 4.79 Å². The number of aryl methyl sites for hydroxylation is 1. The van der Waals surface area contributed by atoms with Crippen molar-refractivity contribution in [2.75, 3.05) is 36.4 Å². The molecule has 0 spiro atoms. The summed E-state index contributed by atoms with van der Waals surface area (Å²) in [5.74, 6) is -0.306. The highest BCUT2D eigenvalue weighted by Crippen LogP contribution is 2.19. The molecule has 0 bridgehead atoms. The number of rotatable bonds is 4. The average Bonchev–Trinajstić information content (AvgIpc) is 2.76. The van der Waals surface area contributed by atoms with Gasteiger partial charge in [0.15, 0.2) is 0 Å². The van der Waals surface area contributed by atoms with Crippen LogP contribution in [0.3, 0.4) is 0 Å². The van der Waals surface area contributed by atoms with E-state index in [1.54, 1.807) is 24.4 Å². The minimum Gasteiger partial charge on any atom is -0.368 e. The van der Waals surface area contributed by atoms with E-state index in [2.05, 4.69) is 15.2 Å². The third-order valence-electron chi connectivity index (χ3n) is 5.08. The van der Waals surface area contributed by atoms with Gasteiger partial charge in [-0.05, 0) is 55.5 Å². The van der Waals surface area contributed by atoms with Gasteiger partial charge in [0.1, 0.15) is 11.5 Å². The Balaban J connectivity index is 1.35. The van der Waals surface area contributed by atoms with Gasteiger partial charge >= 0.3 is 0 Å². The Kier molecular flexibility index (Phi) is 5.42. The molecule has 0 aliphatic carbocycles. The molecule has 0 radical (unpaired) electrons. The van der Waals surface area contributed by atoms with E-state index in [-0.39, 0.29) is 11.7 Å². The van der Waals surface area contributed by atoms with Crippen molar-refractivity contribution in [3.63, 3.8) is 0 Å². The lowest BCUT2D eigenvalue weighted by Gasteiger charge is -2.36. The second kappa shape index (κ2) is 8.31. The molecule has 6 heteroatoms. The number of anilines is 3. The molecule has 0 unspecified atom stereocenters. The van der Waals surface area contributed by atoms with E-state index in [4.69, 9.17) is 0 Å². The minimum absolute atomic E-state index is 0.0642. The number of nitrogens with one attached hydrogen (secondary N) is 1. The second-order valence-electron chi connectivity index (χ2n) is 7.18. The monoisotopic (exact) mass is 390 g/mol. The first-order valence-corrected chi connectivity index (χ1v) is 9.68. The Morgan fingerprint density at radius 2 is 1.55 bits per heavy atom. The smallest absolute Gasteiger partial charge is 0.272 e. The van der Waals surface area contributed by atoms with Crippen molar-refractivity contribution in [1.82, 2.24) is 9.88 Å². The summed E-state index contributed by atoms with van der Waals surface area (Å²) in [6.45, 7) is 4.70. The number of aromatic nitrogens is 1. The van der Waals surface area contributed by atoms with Crippen LogP contribution < -0.4 is 10.2 Å². The SMILES string of the molecule is Cc1ccc(Nc2ccc(C(=O)N3CCN(c4ccc(F)cc4)CC3)nc2)cc1. The number of carbonyl (C=O) groups is 1. The van der Waals surface area contributed by atoms with Gasteiger partial charge in [-0.1, -0.05) is 17.7 Å². The van der Waals surface area contributed by atoms with Gasteiger partial charge in [-0.15, -0.1) is 0 Å². The van der Waals surface area contributed by atoms with E-state index in [9.17, 15) is 9.18 Å². The van der Waals surface area contributed by atoms with Crippen molar-refractivity contribution < 1.29 is 9.18 Å². The lowest BCUT2D eigenvalue weighted by Crippen LogP contribution is -2.49. The van der Waals surface area contributed by atoms with E-state index in [0.29, 0.717) is 31.9 Å².